The maximum Gasteiger partial charge on any atom is 0.234 e. The summed E-state index contributed by atoms with van der Waals surface area (Å²) in [5, 5.41) is 3.31. The largest absolute Gasteiger partial charge is 0.352 e. The summed E-state index contributed by atoms with van der Waals surface area (Å²) in [4.78, 5) is 32.1. The normalized spacial score (nSPS) is 30.1. The number of piperidine rings is 4. The summed E-state index contributed by atoms with van der Waals surface area (Å²) in [5.41, 5.74) is 1.36. The molecule has 2 bridgehead atoms. The van der Waals surface area contributed by atoms with Gasteiger partial charge in [-0.1, -0.05) is 30.3 Å². The molecule has 0 aliphatic carbocycles. The molecule has 0 aromatic heterocycles. The van der Waals surface area contributed by atoms with Crippen LogP contribution < -0.4 is 5.32 Å². The van der Waals surface area contributed by atoms with Crippen molar-refractivity contribution in [1.29, 1.82) is 0 Å². The van der Waals surface area contributed by atoms with Crippen LogP contribution in [0.3, 0.4) is 0 Å². The van der Waals surface area contributed by atoms with Gasteiger partial charge in [-0.25, -0.2) is 0 Å². The van der Waals surface area contributed by atoms with Crippen LogP contribution >= 0.6 is 0 Å². The van der Waals surface area contributed by atoms with Gasteiger partial charge in [-0.05, 0) is 49.5 Å². The molecule has 6 nitrogen and oxygen atoms in total. The third-order valence-electron chi connectivity index (χ3n) is 7.82. The van der Waals surface area contributed by atoms with Gasteiger partial charge in [0.2, 0.25) is 11.8 Å². The Morgan fingerprint density at radius 2 is 1.81 bits per heavy atom. The summed E-state index contributed by atoms with van der Waals surface area (Å²) in [6, 6.07) is 11.3. The maximum atomic E-state index is 12.8. The highest BCUT2D eigenvalue weighted by atomic mass is 16.2. The molecule has 0 saturated carbocycles. The molecule has 2 unspecified atom stereocenters. The van der Waals surface area contributed by atoms with E-state index < -0.39 is 0 Å². The van der Waals surface area contributed by atoms with Gasteiger partial charge in [0.05, 0.1) is 6.54 Å². The molecule has 6 heteroatoms. The van der Waals surface area contributed by atoms with E-state index in [-0.39, 0.29) is 5.91 Å². The number of fused-ring (bicyclic) bond motifs is 4. The van der Waals surface area contributed by atoms with E-state index in [4.69, 9.17) is 0 Å². The van der Waals surface area contributed by atoms with Crippen molar-refractivity contribution in [3.05, 3.63) is 35.9 Å². The second kappa shape index (κ2) is 9.29. The van der Waals surface area contributed by atoms with E-state index in [9.17, 15) is 9.59 Å². The number of nitrogens with zero attached hydrogens (tertiary/aromatic N) is 3. The summed E-state index contributed by atoms with van der Waals surface area (Å²) in [5.74, 6) is 1.62. The minimum atomic E-state index is 0.179. The van der Waals surface area contributed by atoms with Crippen molar-refractivity contribution < 1.29 is 9.59 Å². The molecule has 4 heterocycles. The average molecular weight is 425 g/mol. The lowest BCUT2D eigenvalue weighted by Crippen LogP contribution is -2.61. The summed E-state index contributed by atoms with van der Waals surface area (Å²) in [6.07, 6.45) is 6.19. The fourth-order valence-corrected chi connectivity index (χ4v) is 6.39. The minimum absolute atomic E-state index is 0.179. The Labute approximate surface area is 185 Å². The minimum Gasteiger partial charge on any atom is -0.352 e. The molecule has 1 N–H and O–H groups in total. The standard InChI is InChI=1S/C25H36N4O2/c30-24(26-22-9-11-27(12-10-22)14-19-5-2-1-3-6-19)18-28-15-20-13-21(17-28)23-7-4-8-25(31)29(23)16-20/h1-3,5-6,20-23H,4,7-18H2,(H,26,30)/t20?,21?,23-/m1/s1. The number of nitrogens with one attached hydrogen (secondary N) is 1. The first-order valence-electron chi connectivity index (χ1n) is 12.2. The average Bonchev–Trinajstić information content (AvgIpc) is 2.76. The lowest BCUT2D eigenvalue weighted by Gasteiger charge is -2.52. The van der Waals surface area contributed by atoms with Crippen LogP contribution in [0.15, 0.2) is 30.3 Å². The zero-order valence-electron chi connectivity index (χ0n) is 18.5. The third kappa shape index (κ3) is 4.96. The highest BCUT2D eigenvalue weighted by Gasteiger charge is 2.44. The second-order valence-corrected chi connectivity index (χ2v) is 10.2. The van der Waals surface area contributed by atoms with Crippen LogP contribution in [0.1, 0.15) is 44.1 Å². The van der Waals surface area contributed by atoms with E-state index in [1.165, 1.54) is 12.0 Å². The first-order valence-corrected chi connectivity index (χ1v) is 12.2. The van der Waals surface area contributed by atoms with Gasteiger partial charge >= 0.3 is 0 Å². The predicted octanol–water partition coefficient (Wildman–Crippen LogP) is 2.10. The van der Waals surface area contributed by atoms with Crippen LogP contribution in [0.4, 0.5) is 0 Å². The van der Waals surface area contributed by atoms with Gasteiger partial charge in [0.15, 0.2) is 0 Å². The molecule has 1 aromatic carbocycles. The van der Waals surface area contributed by atoms with Gasteiger partial charge in [0, 0.05) is 57.8 Å². The van der Waals surface area contributed by atoms with Crippen LogP contribution in [0.25, 0.3) is 0 Å². The van der Waals surface area contributed by atoms with E-state index in [1.807, 2.05) is 0 Å². The maximum absolute atomic E-state index is 12.8. The molecular formula is C25H36N4O2. The van der Waals surface area contributed by atoms with Crippen LogP contribution in [0.2, 0.25) is 0 Å². The first kappa shape index (κ1) is 21.0. The summed E-state index contributed by atoms with van der Waals surface area (Å²) in [6.45, 7) is 6.41. The molecular weight excluding hydrogens is 388 g/mol. The van der Waals surface area contributed by atoms with Gasteiger partial charge in [-0.3, -0.25) is 19.4 Å². The van der Waals surface area contributed by atoms with Crippen molar-refractivity contribution in [2.24, 2.45) is 11.8 Å². The number of amides is 2. The second-order valence-electron chi connectivity index (χ2n) is 10.2. The van der Waals surface area contributed by atoms with Gasteiger partial charge in [0.1, 0.15) is 0 Å². The van der Waals surface area contributed by atoms with Crippen LogP contribution in [0, 0.1) is 11.8 Å². The Balaban J connectivity index is 1.07. The Morgan fingerprint density at radius 3 is 2.61 bits per heavy atom. The van der Waals surface area contributed by atoms with E-state index in [0.29, 0.717) is 36.4 Å². The van der Waals surface area contributed by atoms with E-state index >= 15 is 0 Å². The van der Waals surface area contributed by atoms with Crippen LogP contribution in [-0.2, 0) is 16.1 Å². The lowest BCUT2D eigenvalue weighted by atomic mass is 9.76. The van der Waals surface area contributed by atoms with Crippen LogP contribution in [0.5, 0.6) is 0 Å². The quantitative estimate of drug-likeness (QED) is 0.787. The van der Waals surface area contributed by atoms with Gasteiger partial charge < -0.3 is 10.2 Å². The summed E-state index contributed by atoms with van der Waals surface area (Å²) >= 11 is 0. The molecule has 4 fully saturated rings. The highest BCUT2D eigenvalue weighted by molar-refractivity contribution is 5.78. The molecule has 3 atom stereocenters. The first-order chi connectivity index (χ1) is 15.1. The lowest BCUT2D eigenvalue weighted by molar-refractivity contribution is -0.145. The molecule has 4 aliphatic rings. The predicted molar refractivity (Wildman–Crippen MR) is 120 cm³/mol. The molecule has 2 amide bonds. The fourth-order valence-electron chi connectivity index (χ4n) is 6.39. The molecule has 31 heavy (non-hydrogen) atoms. The van der Waals surface area contributed by atoms with Crippen molar-refractivity contribution in [1.82, 2.24) is 20.0 Å². The zero-order valence-corrected chi connectivity index (χ0v) is 18.5. The van der Waals surface area contributed by atoms with Crippen molar-refractivity contribution in [3.63, 3.8) is 0 Å². The van der Waals surface area contributed by atoms with Gasteiger partial charge in [-0.15, -0.1) is 0 Å². The van der Waals surface area contributed by atoms with Crippen LogP contribution in [-0.4, -0.2) is 77.9 Å². The smallest absolute Gasteiger partial charge is 0.234 e. The number of likely N-dealkylation sites (tertiary alicyclic amines) is 2. The molecule has 4 aliphatic heterocycles. The van der Waals surface area contributed by atoms with E-state index in [0.717, 1.165) is 71.4 Å². The van der Waals surface area contributed by atoms with E-state index in [1.54, 1.807) is 0 Å². The third-order valence-corrected chi connectivity index (χ3v) is 7.82. The Morgan fingerprint density at radius 1 is 1.00 bits per heavy atom. The molecule has 168 valence electrons. The van der Waals surface area contributed by atoms with Crippen molar-refractivity contribution in [3.8, 4) is 0 Å². The number of hydrogen-bond donors (Lipinski definition) is 1. The number of benzene rings is 1. The molecule has 1 aromatic rings. The Kier molecular flexibility index (Phi) is 6.28. The van der Waals surface area contributed by atoms with Crippen molar-refractivity contribution in [2.45, 2.75) is 57.2 Å². The van der Waals surface area contributed by atoms with Crippen molar-refractivity contribution >= 4 is 11.8 Å². The number of carbonyl (C=O) groups excluding carboxylic acids is 2. The Bertz CT molecular complexity index is 777. The Hall–Kier alpha value is -1.92. The number of carbonyl (C=O) groups is 2. The summed E-state index contributed by atoms with van der Waals surface area (Å²) < 4.78 is 0. The SMILES string of the molecule is O=C(CN1CC2CC(C1)[C@H]1CCCC(=O)N1C2)NC1CCN(Cc2ccccc2)CC1. The van der Waals surface area contributed by atoms with Crippen molar-refractivity contribution in [2.75, 3.05) is 39.3 Å². The molecule has 4 saturated heterocycles. The number of rotatable bonds is 5. The molecule has 5 rings (SSSR count). The number of hydrogen-bond acceptors (Lipinski definition) is 4. The zero-order chi connectivity index (χ0) is 21.2. The topological polar surface area (TPSA) is 55.9 Å². The summed E-state index contributed by atoms with van der Waals surface area (Å²) in [7, 11) is 0. The molecule has 0 radical (unpaired) electrons. The van der Waals surface area contributed by atoms with Gasteiger partial charge in [0.25, 0.3) is 0 Å². The fraction of sp³-hybridized carbons (Fsp3) is 0.680. The monoisotopic (exact) mass is 424 g/mol. The van der Waals surface area contributed by atoms with Gasteiger partial charge in [-0.2, -0.15) is 0 Å². The highest BCUT2D eigenvalue weighted by Crippen LogP contribution is 2.37. The van der Waals surface area contributed by atoms with E-state index in [2.05, 4.69) is 50.3 Å². The molecule has 0 spiro atoms.